The van der Waals surface area contributed by atoms with Crippen LogP contribution in [0.15, 0.2) is 47.4 Å². The first-order chi connectivity index (χ1) is 11.9. The topological polar surface area (TPSA) is 84.5 Å². The van der Waals surface area contributed by atoms with E-state index in [1.54, 1.807) is 31.2 Å². The van der Waals surface area contributed by atoms with Crippen molar-refractivity contribution in [3.8, 4) is 5.75 Å². The minimum Gasteiger partial charge on any atom is -0.497 e. The van der Waals surface area contributed by atoms with Crippen molar-refractivity contribution in [3.05, 3.63) is 53.6 Å². The van der Waals surface area contributed by atoms with Gasteiger partial charge in [0.1, 0.15) is 5.75 Å². The maximum atomic E-state index is 12.4. The fourth-order valence-electron chi connectivity index (χ4n) is 2.32. The molecule has 0 saturated heterocycles. The molecule has 1 amide bonds. The molecular weight excluding hydrogens is 340 g/mol. The third kappa shape index (κ3) is 5.04. The Morgan fingerprint density at radius 2 is 1.80 bits per heavy atom. The molecule has 0 radical (unpaired) electrons. The highest BCUT2D eigenvalue weighted by atomic mass is 32.2. The highest BCUT2D eigenvalue weighted by Gasteiger charge is 2.18. The Morgan fingerprint density at radius 3 is 2.36 bits per heavy atom. The highest BCUT2D eigenvalue weighted by molar-refractivity contribution is 7.89. The largest absolute Gasteiger partial charge is 0.497 e. The van der Waals surface area contributed by atoms with Crippen LogP contribution in [-0.4, -0.2) is 28.0 Å². The lowest BCUT2D eigenvalue weighted by molar-refractivity contribution is -0.115. The number of amides is 1. The number of rotatable bonds is 7. The van der Waals surface area contributed by atoms with Gasteiger partial charge in [0, 0.05) is 5.69 Å². The maximum Gasteiger partial charge on any atom is 0.241 e. The van der Waals surface area contributed by atoms with Crippen LogP contribution in [0.1, 0.15) is 18.1 Å². The van der Waals surface area contributed by atoms with E-state index in [1.807, 2.05) is 19.1 Å². The van der Waals surface area contributed by atoms with Crippen LogP contribution in [0.3, 0.4) is 0 Å². The van der Waals surface area contributed by atoms with Crippen molar-refractivity contribution in [2.45, 2.75) is 25.2 Å². The molecule has 2 aromatic carbocycles. The molecule has 0 aliphatic heterocycles. The van der Waals surface area contributed by atoms with E-state index >= 15 is 0 Å². The second kappa shape index (κ2) is 8.13. The number of carbonyl (C=O) groups excluding carboxylic acids is 1. The van der Waals surface area contributed by atoms with Crippen LogP contribution in [0, 0.1) is 6.92 Å². The minimum absolute atomic E-state index is 0.119. The standard InChI is InChI=1S/C18H22N2O4S/c1-4-14-5-7-15(8-6-14)20-18(21)12-19-25(22,23)17-10-9-16(24-3)11-13(17)2/h5-11,19H,4,12H2,1-3H3,(H,20,21). The lowest BCUT2D eigenvalue weighted by atomic mass is 10.1. The molecule has 0 bridgehead atoms. The molecule has 0 aliphatic rings. The molecule has 2 N–H and O–H groups in total. The summed E-state index contributed by atoms with van der Waals surface area (Å²) in [5.41, 5.74) is 2.33. The van der Waals surface area contributed by atoms with Crippen molar-refractivity contribution in [2.24, 2.45) is 0 Å². The number of aryl methyl sites for hydroxylation is 2. The van der Waals surface area contributed by atoms with E-state index in [0.29, 0.717) is 17.0 Å². The summed E-state index contributed by atoms with van der Waals surface area (Å²) in [6.07, 6.45) is 0.912. The van der Waals surface area contributed by atoms with Gasteiger partial charge in [-0.3, -0.25) is 4.79 Å². The summed E-state index contributed by atoms with van der Waals surface area (Å²) in [5.74, 6) is 0.142. The van der Waals surface area contributed by atoms with E-state index in [9.17, 15) is 13.2 Å². The molecule has 2 aromatic rings. The summed E-state index contributed by atoms with van der Waals surface area (Å²) in [7, 11) is -2.27. The minimum atomic E-state index is -3.78. The Bertz CT molecular complexity index is 846. The van der Waals surface area contributed by atoms with Gasteiger partial charge in [-0.05, 0) is 54.8 Å². The monoisotopic (exact) mass is 362 g/mol. The first-order valence-electron chi connectivity index (χ1n) is 7.89. The van der Waals surface area contributed by atoms with E-state index in [1.165, 1.54) is 13.2 Å². The maximum absolute atomic E-state index is 12.4. The number of carbonyl (C=O) groups is 1. The van der Waals surface area contributed by atoms with Crippen molar-refractivity contribution in [2.75, 3.05) is 19.0 Å². The van der Waals surface area contributed by atoms with Gasteiger partial charge >= 0.3 is 0 Å². The van der Waals surface area contributed by atoms with E-state index in [4.69, 9.17) is 4.74 Å². The normalized spacial score (nSPS) is 11.2. The number of anilines is 1. The molecule has 0 spiro atoms. The lowest BCUT2D eigenvalue weighted by Crippen LogP contribution is -2.33. The SMILES string of the molecule is CCc1ccc(NC(=O)CNS(=O)(=O)c2ccc(OC)cc2C)cc1. The van der Waals surface area contributed by atoms with Gasteiger partial charge < -0.3 is 10.1 Å². The fourth-order valence-corrected chi connectivity index (χ4v) is 3.52. The van der Waals surface area contributed by atoms with Crippen molar-refractivity contribution < 1.29 is 17.9 Å². The molecule has 25 heavy (non-hydrogen) atoms. The number of methoxy groups -OCH3 is 1. The Morgan fingerprint density at radius 1 is 1.12 bits per heavy atom. The Labute approximate surface area is 148 Å². The zero-order valence-corrected chi connectivity index (χ0v) is 15.3. The zero-order chi connectivity index (χ0) is 18.4. The van der Waals surface area contributed by atoms with Crippen molar-refractivity contribution >= 4 is 21.6 Å². The van der Waals surface area contributed by atoms with Gasteiger partial charge in [-0.15, -0.1) is 0 Å². The quantitative estimate of drug-likeness (QED) is 0.792. The smallest absolute Gasteiger partial charge is 0.241 e. The highest BCUT2D eigenvalue weighted by Crippen LogP contribution is 2.20. The number of hydrogen-bond acceptors (Lipinski definition) is 4. The molecule has 0 heterocycles. The number of sulfonamides is 1. The van der Waals surface area contributed by atoms with Crippen molar-refractivity contribution in [3.63, 3.8) is 0 Å². The van der Waals surface area contributed by atoms with Crippen molar-refractivity contribution in [1.29, 1.82) is 0 Å². The summed E-state index contributed by atoms with van der Waals surface area (Å²) in [6.45, 7) is 3.37. The van der Waals surface area contributed by atoms with E-state index in [-0.39, 0.29) is 11.4 Å². The third-order valence-corrected chi connectivity index (χ3v) is 5.30. The molecule has 134 valence electrons. The average molecular weight is 362 g/mol. The van der Waals surface area contributed by atoms with E-state index < -0.39 is 15.9 Å². The molecule has 0 aromatic heterocycles. The summed E-state index contributed by atoms with van der Waals surface area (Å²) < 4.78 is 32.1. The van der Waals surface area contributed by atoms with Gasteiger partial charge in [-0.2, -0.15) is 0 Å². The molecule has 0 saturated carbocycles. The van der Waals surface area contributed by atoms with Gasteiger partial charge in [0.2, 0.25) is 15.9 Å². The molecule has 0 atom stereocenters. The van der Waals surface area contributed by atoms with E-state index in [0.717, 1.165) is 12.0 Å². The van der Waals surface area contributed by atoms with Crippen LogP contribution in [-0.2, 0) is 21.2 Å². The Kier molecular flexibility index (Phi) is 6.17. The van der Waals surface area contributed by atoms with Crippen LogP contribution in [0.2, 0.25) is 0 Å². The Balaban J connectivity index is 2.00. The van der Waals surface area contributed by atoms with Gasteiger partial charge in [0.25, 0.3) is 0 Å². The molecule has 0 fully saturated rings. The van der Waals surface area contributed by atoms with Crippen LogP contribution in [0.25, 0.3) is 0 Å². The van der Waals surface area contributed by atoms with Gasteiger partial charge in [-0.1, -0.05) is 19.1 Å². The third-order valence-electron chi connectivity index (χ3n) is 3.74. The van der Waals surface area contributed by atoms with Gasteiger partial charge in [0.05, 0.1) is 18.6 Å². The second-order valence-electron chi connectivity index (χ2n) is 5.55. The number of benzene rings is 2. The van der Waals surface area contributed by atoms with Gasteiger partial charge in [-0.25, -0.2) is 13.1 Å². The molecular formula is C18H22N2O4S. The molecule has 0 aliphatic carbocycles. The first-order valence-corrected chi connectivity index (χ1v) is 9.37. The van der Waals surface area contributed by atoms with Crippen LogP contribution < -0.4 is 14.8 Å². The van der Waals surface area contributed by atoms with Crippen LogP contribution in [0.5, 0.6) is 5.75 Å². The predicted molar refractivity (Wildman–Crippen MR) is 97.4 cm³/mol. The molecule has 7 heteroatoms. The number of nitrogens with one attached hydrogen (secondary N) is 2. The summed E-state index contributed by atoms with van der Waals surface area (Å²) >= 11 is 0. The van der Waals surface area contributed by atoms with Crippen molar-refractivity contribution in [1.82, 2.24) is 4.72 Å². The predicted octanol–water partition coefficient (Wildman–Crippen LogP) is 2.48. The van der Waals surface area contributed by atoms with Crippen LogP contribution >= 0.6 is 0 Å². The average Bonchev–Trinajstić information content (AvgIpc) is 2.60. The zero-order valence-electron chi connectivity index (χ0n) is 14.5. The molecule has 0 unspecified atom stereocenters. The Hall–Kier alpha value is -2.38. The summed E-state index contributed by atoms with van der Waals surface area (Å²) in [6, 6.07) is 12.1. The first kappa shape index (κ1) is 19.0. The fraction of sp³-hybridized carbons (Fsp3) is 0.278. The lowest BCUT2D eigenvalue weighted by Gasteiger charge is -2.11. The summed E-state index contributed by atoms with van der Waals surface area (Å²) in [4.78, 5) is 12.1. The summed E-state index contributed by atoms with van der Waals surface area (Å²) in [5, 5.41) is 2.66. The van der Waals surface area contributed by atoms with Gasteiger partial charge in [0.15, 0.2) is 0 Å². The second-order valence-corrected chi connectivity index (χ2v) is 7.29. The molecule has 6 nitrogen and oxygen atoms in total. The van der Waals surface area contributed by atoms with E-state index in [2.05, 4.69) is 10.0 Å². The number of hydrogen-bond donors (Lipinski definition) is 2. The molecule has 2 rings (SSSR count). The van der Waals surface area contributed by atoms with Crippen LogP contribution in [0.4, 0.5) is 5.69 Å². The number of ether oxygens (including phenoxy) is 1.